The van der Waals surface area contributed by atoms with Gasteiger partial charge >= 0.3 is 5.97 Å². The van der Waals surface area contributed by atoms with Crippen LogP contribution in [0.25, 0.3) is 21.9 Å². The Balaban J connectivity index is 2.09. The van der Waals surface area contributed by atoms with Crippen LogP contribution in [-0.2, 0) is 32.0 Å². The maximum Gasteiger partial charge on any atom is 0.331 e. The number of phenols is 1. The Hall–Kier alpha value is -5.04. The van der Waals surface area contributed by atoms with Crippen LogP contribution < -0.4 is 30.7 Å². The Labute approximate surface area is 291 Å². The molecule has 0 fully saturated rings. The Morgan fingerprint density at radius 2 is 1.46 bits per heavy atom. The number of aliphatic hydroxyl groups is 1. The van der Waals surface area contributed by atoms with Crippen LogP contribution in [0.3, 0.4) is 0 Å². The van der Waals surface area contributed by atoms with E-state index in [-0.39, 0.29) is 72.3 Å². The number of methoxy groups -OCH3 is 2. The smallest absolute Gasteiger partial charge is 0.331 e. The molecule has 2 amide bonds. The van der Waals surface area contributed by atoms with Crippen molar-refractivity contribution in [3.8, 4) is 23.0 Å². The van der Waals surface area contributed by atoms with Gasteiger partial charge < -0.3 is 44.6 Å². The fourth-order valence-corrected chi connectivity index (χ4v) is 5.26. The van der Waals surface area contributed by atoms with Crippen LogP contribution in [-0.4, -0.2) is 67.6 Å². The normalized spacial score (nSPS) is 12.2. The first-order valence-corrected chi connectivity index (χ1v) is 16.4. The van der Waals surface area contributed by atoms with Crippen LogP contribution in [0.5, 0.6) is 23.0 Å². The van der Waals surface area contributed by atoms with Crippen molar-refractivity contribution in [2.75, 3.05) is 27.4 Å². The van der Waals surface area contributed by atoms with Gasteiger partial charge in [-0.2, -0.15) is 0 Å². The maximum absolute atomic E-state index is 14.3. The maximum atomic E-state index is 14.3. The minimum absolute atomic E-state index is 0.0241. The number of carbonyl (C=O) groups is 3. The molecule has 0 bridgehead atoms. The van der Waals surface area contributed by atoms with Crippen LogP contribution in [0.1, 0.15) is 71.4 Å². The second kappa shape index (κ2) is 18.1. The third kappa shape index (κ3) is 10.0. The molecule has 3 aromatic rings. The summed E-state index contributed by atoms with van der Waals surface area (Å²) in [5.41, 5.74) is 7.95. The molecule has 13 nitrogen and oxygen atoms in total. The van der Waals surface area contributed by atoms with Crippen molar-refractivity contribution < 1.29 is 48.0 Å². The Morgan fingerprint density at radius 1 is 0.900 bits per heavy atom. The van der Waals surface area contributed by atoms with Crippen LogP contribution in [0.15, 0.2) is 44.6 Å². The van der Waals surface area contributed by atoms with Gasteiger partial charge in [-0.3, -0.25) is 14.4 Å². The molecule has 5 N–H and O–H groups in total. The minimum Gasteiger partial charge on any atom is -0.507 e. The summed E-state index contributed by atoms with van der Waals surface area (Å²) in [6.07, 6.45) is 3.95. The molecule has 2 aromatic carbocycles. The topological polar surface area (TPSA) is 197 Å². The summed E-state index contributed by atoms with van der Waals surface area (Å²) in [6.45, 7) is 9.25. The number of hydrogen-bond acceptors (Lipinski definition) is 11. The molecule has 3 rings (SSSR count). The van der Waals surface area contributed by atoms with Crippen molar-refractivity contribution in [2.45, 2.75) is 85.3 Å². The van der Waals surface area contributed by atoms with Gasteiger partial charge in [0.1, 0.15) is 28.1 Å². The third-order valence-electron chi connectivity index (χ3n) is 7.83. The predicted molar refractivity (Wildman–Crippen MR) is 189 cm³/mol. The lowest BCUT2D eigenvalue weighted by molar-refractivity contribution is -0.148. The second-order valence-electron chi connectivity index (χ2n) is 12.4. The van der Waals surface area contributed by atoms with Crippen LogP contribution >= 0.6 is 0 Å². The standard InChI is InChI=1S/C37H48N2O11/c1-20(2)12-14-23-25(48-17-9-11-30(42)39-33(22(5)40)37(45)47-7)18-27-32(34(23)43)35(44)31-24(15-13-21(3)4)36(46-6)28(19-26(31)50-27)49-16-8-10-29(38)41/h12-13,18-19,22,33,40,43H,8-11,14-17H2,1-7H3,(H2,38,41)(H,39,42). The van der Waals surface area contributed by atoms with Gasteiger partial charge in [-0.15, -0.1) is 0 Å². The third-order valence-corrected chi connectivity index (χ3v) is 7.83. The molecule has 50 heavy (non-hydrogen) atoms. The highest BCUT2D eigenvalue weighted by Gasteiger charge is 2.27. The summed E-state index contributed by atoms with van der Waals surface area (Å²) < 4.78 is 28.7. The number of rotatable bonds is 18. The largest absolute Gasteiger partial charge is 0.507 e. The average Bonchev–Trinajstić information content (AvgIpc) is 3.04. The number of carbonyl (C=O) groups excluding carboxylic acids is 3. The fourth-order valence-electron chi connectivity index (χ4n) is 5.26. The lowest BCUT2D eigenvalue weighted by Gasteiger charge is -2.19. The summed E-state index contributed by atoms with van der Waals surface area (Å²) in [4.78, 5) is 49.9. The van der Waals surface area contributed by atoms with Crippen molar-refractivity contribution in [1.29, 1.82) is 0 Å². The Bertz CT molecular complexity index is 1830. The number of amides is 2. The van der Waals surface area contributed by atoms with Gasteiger partial charge in [0.15, 0.2) is 17.5 Å². The van der Waals surface area contributed by atoms with E-state index in [0.717, 1.165) is 18.3 Å². The molecule has 0 aliphatic rings. The highest BCUT2D eigenvalue weighted by Crippen LogP contribution is 2.41. The predicted octanol–water partition coefficient (Wildman–Crippen LogP) is 4.52. The summed E-state index contributed by atoms with van der Waals surface area (Å²) in [6, 6.07) is 1.88. The Kier molecular flexibility index (Phi) is 14.3. The number of esters is 1. The number of nitrogens with two attached hydrogens (primary N) is 1. The fraction of sp³-hybridized carbons (Fsp3) is 0.459. The Morgan fingerprint density at radius 3 is 2.02 bits per heavy atom. The number of fused-ring (bicyclic) bond motifs is 2. The molecule has 0 spiro atoms. The molecular weight excluding hydrogens is 648 g/mol. The highest BCUT2D eigenvalue weighted by molar-refractivity contribution is 5.98. The van der Waals surface area contributed by atoms with Gasteiger partial charge in [0.05, 0.1) is 38.9 Å². The first-order valence-electron chi connectivity index (χ1n) is 16.4. The average molecular weight is 697 g/mol. The number of benzene rings is 2. The van der Waals surface area contributed by atoms with Crippen molar-refractivity contribution in [2.24, 2.45) is 5.73 Å². The van der Waals surface area contributed by atoms with E-state index in [2.05, 4.69) is 10.1 Å². The number of ether oxygens (including phenoxy) is 4. The number of aromatic hydroxyl groups is 1. The van der Waals surface area contributed by atoms with Crippen molar-refractivity contribution in [3.05, 3.63) is 56.8 Å². The lowest BCUT2D eigenvalue weighted by Crippen LogP contribution is -2.48. The van der Waals surface area contributed by atoms with Crippen molar-refractivity contribution >= 4 is 39.7 Å². The number of phenolic OH excluding ortho intramolecular Hbond substituents is 1. The van der Waals surface area contributed by atoms with E-state index < -0.39 is 35.4 Å². The van der Waals surface area contributed by atoms with E-state index in [1.807, 2.05) is 39.8 Å². The number of primary amides is 1. The number of aliphatic hydroxyl groups excluding tert-OH is 1. The van der Waals surface area contributed by atoms with Crippen molar-refractivity contribution in [3.63, 3.8) is 0 Å². The molecule has 272 valence electrons. The summed E-state index contributed by atoms with van der Waals surface area (Å²) >= 11 is 0. The summed E-state index contributed by atoms with van der Waals surface area (Å²) in [5, 5.41) is 24.1. The zero-order valence-electron chi connectivity index (χ0n) is 29.8. The lowest BCUT2D eigenvalue weighted by atomic mass is 9.98. The van der Waals surface area contributed by atoms with Crippen LogP contribution in [0, 0.1) is 0 Å². The van der Waals surface area contributed by atoms with Gasteiger partial charge in [-0.1, -0.05) is 23.3 Å². The van der Waals surface area contributed by atoms with Gasteiger partial charge in [0.2, 0.25) is 17.2 Å². The monoisotopic (exact) mass is 696 g/mol. The molecule has 2 atom stereocenters. The molecule has 1 heterocycles. The van der Waals surface area contributed by atoms with E-state index >= 15 is 0 Å². The highest BCUT2D eigenvalue weighted by atomic mass is 16.5. The van der Waals surface area contributed by atoms with E-state index in [1.165, 1.54) is 20.1 Å². The number of allylic oxidation sites excluding steroid dienone is 4. The second-order valence-corrected chi connectivity index (χ2v) is 12.4. The van der Waals surface area contributed by atoms with Gasteiger partial charge in [0.25, 0.3) is 0 Å². The molecule has 0 aliphatic carbocycles. The molecule has 1 aromatic heterocycles. The molecule has 2 unspecified atom stereocenters. The zero-order chi connectivity index (χ0) is 37.1. The molecule has 0 aliphatic heterocycles. The van der Waals surface area contributed by atoms with E-state index in [0.29, 0.717) is 35.5 Å². The van der Waals surface area contributed by atoms with E-state index in [1.54, 1.807) is 6.07 Å². The first kappa shape index (κ1) is 39.4. The number of hydrogen-bond donors (Lipinski definition) is 4. The van der Waals surface area contributed by atoms with Crippen LogP contribution in [0.2, 0.25) is 0 Å². The van der Waals surface area contributed by atoms with E-state index in [9.17, 15) is 29.4 Å². The quantitative estimate of drug-likeness (QED) is 0.0632. The van der Waals surface area contributed by atoms with Crippen LogP contribution in [0.4, 0.5) is 0 Å². The molecular formula is C37H48N2O11. The first-order chi connectivity index (χ1) is 23.7. The summed E-state index contributed by atoms with van der Waals surface area (Å²) in [5.74, 6) is -1.09. The van der Waals surface area contributed by atoms with Gasteiger partial charge in [-0.25, -0.2) is 4.79 Å². The molecule has 0 radical (unpaired) electrons. The molecule has 0 saturated carbocycles. The van der Waals surface area contributed by atoms with E-state index in [4.69, 9.17) is 24.4 Å². The van der Waals surface area contributed by atoms with Crippen molar-refractivity contribution in [1.82, 2.24) is 5.32 Å². The van der Waals surface area contributed by atoms with Gasteiger partial charge in [0, 0.05) is 36.1 Å². The molecule has 0 saturated heterocycles. The minimum atomic E-state index is -1.21. The molecule has 13 heteroatoms. The zero-order valence-corrected chi connectivity index (χ0v) is 29.8. The SMILES string of the molecule is COC(=O)C(NC(=O)CCCOc1cc2oc3cc(OCCCC(N)=O)c(OC)c(CC=C(C)C)c3c(=O)c2c(O)c1CC=C(C)C)C(C)O. The summed E-state index contributed by atoms with van der Waals surface area (Å²) in [7, 11) is 2.63. The number of nitrogens with one attached hydrogen (secondary N) is 1. The van der Waals surface area contributed by atoms with Gasteiger partial charge in [-0.05, 0) is 60.3 Å².